The van der Waals surface area contributed by atoms with Crippen LogP contribution in [0, 0.1) is 0 Å². The van der Waals surface area contributed by atoms with Crippen LogP contribution in [0.5, 0.6) is 0 Å². The molecule has 1 aromatic heterocycles. The van der Waals surface area contributed by atoms with Crippen molar-refractivity contribution in [3.63, 3.8) is 0 Å². The fourth-order valence-corrected chi connectivity index (χ4v) is 1.92. The van der Waals surface area contributed by atoms with Gasteiger partial charge in [-0.2, -0.15) is 0 Å². The molecule has 0 fully saturated rings. The normalized spacial score (nSPS) is 9.89. The molecular formula is C10H17N5O2S. The highest BCUT2D eigenvalue weighted by molar-refractivity contribution is 7.18. The highest BCUT2D eigenvalue weighted by atomic mass is 32.1. The van der Waals surface area contributed by atoms with Gasteiger partial charge in [-0.1, -0.05) is 18.3 Å². The molecule has 100 valence electrons. The smallest absolute Gasteiger partial charge is 0.265 e. The zero-order valence-corrected chi connectivity index (χ0v) is 11.2. The lowest BCUT2D eigenvalue weighted by Gasteiger charge is -2.04. The van der Waals surface area contributed by atoms with Crippen LogP contribution in [-0.4, -0.2) is 36.9 Å². The number of nitrogen functional groups attached to an aromatic ring is 1. The molecule has 0 unspecified atom stereocenters. The van der Waals surface area contributed by atoms with Crippen molar-refractivity contribution in [1.82, 2.24) is 15.6 Å². The predicted molar refractivity (Wildman–Crippen MR) is 71.7 cm³/mol. The first-order chi connectivity index (χ1) is 8.58. The van der Waals surface area contributed by atoms with Crippen molar-refractivity contribution in [3.05, 3.63) is 4.88 Å². The van der Waals surface area contributed by atoms with Crippen molar-refractivity contribution in [2.75, 3.05) is 31.2 Å². The summed E-state index contributed by atoms with van der Waals surface area (Å²) >= 11 is 1.15. The number of rotatable bonds is 6. The highest BCUT2D eigenvalue weighted by Crippen LogP contribution is 2.23. The lowest BCUT2D eigenvalue weighted by molar-refractivity contribution is -0.120. The number of anilines is 2. The first-order valence-corrected chi connectivity index (χ1v) is 6.39. The number of nitrogens with one attached hydrogen (secondary N) is 3. The number of hydrogen-bond acceptors (Lipinski definition) is 6. The van der Waals surface area contributed by atoms with Crippen LogP contribution in [0.4, 0.5) is 10.9 Å². The van der Waals surface area contributed by atoms with E-state index >= 15 is 0 Å². The number of aromatic nitrogens is 1. The Hall–Kier alpha value is -1.83. The maximum absolute atomic E-state index is 11.7. The van der Waals surface area contributed by atoms with Gasteiger partial charge < -0.3 is 21.7 Å². The summed E-state index contributed by atoms with van der Waals surface area (Å²) < 4.78 is 0. The van der Waals surface area contributed by atoms with Gasteiger partial charge in [-0.05, 0) is 6.42 Å². The van der Waals surface area contributed by atoms with Crippen LogP contribution in [0.15, 0.2) is 0 Å². The van der Waals surface area contributed by atoms with Crippen molar-refractivity contribution >= 4 is 34.1 Å². The van der Waals surface area contributed by atoms with Crippen LogP contribution in [0.2, 0.25) is 0 Å². The lowest BCUT2D eigenvalue weighted by Crippen LogP contribution is -2.37. The number of nitrogens with zero attached hydrogens (tertiary/aromatic N) is 1. The zero-order chi connectivity index (χ0) is 13.5. The van der Waals surface area contributed by atoms with E-state index < -0.39 is 5.91 Å². The summed E-state index contributed by atoms with van der Waals surface area (Å²) in [4.78, 5) is 27.3. The van der Waals surface area contributed by atoms with Gasteiger partial charge in [0.25, 0.3) is 5.91 Å². The van der Waals surface area contributed by atoms with Crippen LogP contribution in [0.25, 0.3) is 0 Å². The summed E-state index contributed by atoms with van der Waals surface area (Å²) in [6.45, 7) is 2.49. The quantitative estimate of drug-likeness (QED) is 0.583. The summed E-state index contributed by atoms with van der Waals surface area (Å²) in [6.07, 6.45) is 0.854. The first-order valence-electron chi connectivity index (χ1n) is 5.57. The van der Waals surface area contributed by atoms with Gasteiger partial charge in [-0.3, -0.25) is 9.59 Å². The first kappa shape index (κ1) is 14.2. The van der Waals surface area contributed by atoms with E-state index in [0.29, 0.717) is 16.6 Å². The third-order valence-corrected chi connectivity index (χ3v) is 3.14. The average molecular weight is 271 g/mol. The van der Waals surface area contributed by atoms with Crippen molar-refractivity contribution in [1.29, 1.82) is 0 Å². The second-order valence-electron chi connectivity index (χ2n) is 3.52. The molecule has 0 saturated heterocycles. The van der Waals surface area contributed by atoms with E-state index in [4.69, 9.17) is 5.73 Å². The van der Waals surface area contributed by atoms with Crippen LogP contribution in [0.1, 0.15) is 23.0 Å². The molecule has 0 aliphatic heterocycles. The van der Waals surface area contributed by atoms with Gasteiger partial charge in [0.2, 0.25) is 5.91 Å². The standard InChI is InChI=1S/C10H17N5O2S/c1-3-4-13-6(16)5-14-9(17)7-8(11)15-10(12-2)18-7/h3-5,11H2,1-2H3,(H,12,15)(H,13,16)(H,14,17). The Balaban J connectivity index is 2.49. The number of hydrogen-bond donors (Lipinski definition) is 4. The second-order valence-corrected chi connectivity index (χ2v) is 4.52. The molecule has 8 heteroatoms. The van der Waals surface area contributed by atoms with E-state index in [9.17, 15) is 9.59 Å². The van der Waals surface area contributed by atoms with Gasteiger partial charge in [-0.15, -0.1) is 0 Å². The molecule has 18 heavy (non-hydrogen) atoms. The van der Waals surface area contributed by atoms with Crippen LogP contribution in [0.3, 0.4) is 0 Å². The lowest BCUT2D eigenvalue weighted by atomic mass is 10.4. The van der Waals surface area contributed by atoms with Crippen molar-refractivity contribution < 1.29 is 9.59 Å². The molecule has 2 amide bonds. The molecule has 0 bridgehead atoms. The Morgan fingerprint density at radius 1 is 1.39 bits per heavy atom. The van der Waals surface area contributed by atoms with Gasteiger partial charge in [0, 0.05) is 13.6 Å². The molecule has 1 heterocycles. The summed E-state index contributed by atoms with van der Waals surface area (Å²) in [7, 11) is 1.69. The largest absolute Gasteiger partial charge is 0.382 e. The van der Waals surface area contributed by atoms with E-state index in [1.807, 2.05) is 6.92 Å². The van der Waals surface area contributed by atoms with Crippen LogP contribution < -0.4 is 21.7 Å². The van der Waals surface area contributed by atoms with E-state index in [-0.39, 0.29) is 18.3 Å². The number of amides is 2. The Kier molecular flexibility index (Phi) is 5.37. The van der Waals surface area contributed by atoms with Crippen molar-refractivity contribution in [2.24, 2.45) is 0 Å². The van der Waals surface area contributed by atoms with Gasteiger partial charge in [-0.25, -0.2) is 4.98 Å². The number of nitrogens with two attached hydrogens (primary N) is 1. The Labute approximate surface area is 109 Å². The fourth-order valence-electron chi connectivity index (χ4n) is 1.17. The number of thiazole rings is 1. The number of carbonyl (C=O) groups excluding carboxylic acids is 2. The minimum atomic E-state index is -0.391. The van der Waals surface area contributed by atoms with E-state index in [0.717, 1.165) is 17.8 Å². The van der Waals surface area contributed by atoms with Crippen LogP contribution in [-0.2, 0) is 4.79 Å². The molecule has 0 spiro atoms. The molecule has 1 aromatic rings. The predicted octanol–water partition coefficient (Wildman–Crippen LogP) is 0.0230. The zero-order valence-electron chi connectivity index (χ0n) is 10.4. The van der Waals surface area contributed by atoms with Crippen molar-refractivity contribution in [2.45, 2.75) is 13.3 Å². The Morgan fingerprint density at radius 2 is 2.11 bits per heavy atom. The molecule has 0 atom stereocenters. The molecule has 0 saturated carbocycles. The SMILES string of the molecule is CCCNC(=O)CNC(=O)c1sc(NC)nc1N. The molecule has 0 aromatic carbocycles. The highest BCUT2D eigenvalue weighted by Gasteiger charge is 2.16. The molecule has 7 nitrogen and oxygen atoms in total. The maximum atomic E-state index is 11.7. The molecule has 0 radical (unpaired) electrons. The molecule has 0 aliphatic rings. The Bertz CT molecular complexity index is 432. The monoisotopic (exact) mass is 271 g/mol. The van der Waals surface area contributed by atoms with Gasteiger partial charge in [0.15, 0.2) is 5.13 Å². The van der Waals surface area contributed by atoms with Gasteiger partial charge in [0.05, 0.1) is 6.54 Å². The average Bonchev–Trinajstić information content (AvgIpc) is 2.74. The minimum Gasteiger partial charge on any atom is -0.382 e. The summed E-state index contributed by atoms with van der Waals surface area (Å²) in [5.41, 5.74) is 5.60. The van der Waals surface area contributed by atoms with E-state index in [1.54, 1.807) is 7.05 Å². The van der Waals surface area contributed by atoms with E-state index in [2.05, 4.69) is 20.9 Å². The summed E-state index contributed by atoms with van der Waals surface area (Å²) in [6, 6.07) is 0. The minimum absolute atomic E-state index is 0.0644. The summed E-state index contributed by atoms with van der Waals surface area (Å²) in [5, 5.41) is 8.53. The topological polar surface area (TPSA) is 109 Å². The molecule has 0 aliphatic carbocycles. The van der Waals surface area contributed by atoms with Gasteiger partial charge >= 0.3 is 0 Å². The molecule has 1 rings (SSSR count). The van der Waals surface area contributed by atoms with Crippen molar-refractivity contribution in [3.8, 4) is 0 Å². The van der Waals surface area contributed by atoms with Gasteiger partial charge in [0.1, 0.15) is 10.7 Å². The third kappa shape index (κ3) is 3.88. The Morgan fingerprint density at radius 3 is 2.67 bits per heavy atom. The molecular weight excluding hydrogens is 254 g/mol. The number of carbonyl (C=O) groups is 2. The summed E-state index contributed by atoms with van der Waals surface area (Å²) in [5.74, 6) is -0.448. The molecule has 5 N–H and O–H groups in total. The fraction of sp³-hybridized carbons (Fsp3) is 0.500. The maximum Gasteiger partial charge on any atom is 0.265 e. The van der Waals surface area contributed by atoms with Crippen LogP contribution >= 0.6 is 11.3 Å². The third-order valence-electron chi connectivity index (χ3n) is 2.06. The van der Waals surface area contributed by atoms with E-state index in [1.165, 1.54) is 0 Å². The second kappa shape index (κ2) is 6.80.